The van der Waals surface area contributed by atoms with Crippen LogP contribution in [0.5, 0.6) is 0 Å². The average Bonchev–Trinajstić information content (AvgIpc) is 0. The molecule has 18 valence electrons. The van der Waals surface area contributed by atoms with Gasteiger partial charge in [-0.25, -0.2) is 0 Å². The summed E-state index contributed by atoms with van der Waals surface area (Å²) in [4.78, 5) is 0. The third kappa shape index (κ3) is 9.17. The number of rotatable bonds is 0. The van der Waals surface area contributed by atoms with Crippen molar-refractivity contribution >= 4 is 60.8 Å². The Balaban J connectivity index is 0. The second-order valence-electron chi connectivity index (χ2n) is 0. The fourth-order valence-electron chi connectivity index (χ4n) is 0. The van der Waals surface area contributed by atoms with Gasteiger partial charge in [-0.3, -0.25) is 0 Å². The molecule has 0 spiro atoms. The van der Waals surface area contributed by atoms with Gasteiger partial charge in [0.25, 0.3) is 0 Å². The Hall–Kier alpha value is 3.65. The van der Waals surface area contributed by atoms with Crippen molar-refractivity contribution in [2.45, 2.75) is 0 Å². The van der Waals surface area contributed by atoms with E-state index in [1.807, 2.05) is 0 Å². The molecule has 0 fully saturated rings. The van der Waals surface area contributed by atoms with Crippen LogP contribution in [0.25, 0.3) is 0 Å². The van der Waals surface area contributed by atoms with Gasteiger partial charge in [0.2, 0.25) is 0 Å². The summed E-state index contributed by atoms with van der Waals surface area (Å²) in [5, 5.41) is 0. The van der Waals surface area contributed by atoms with E-state index in [0.29, 0.717) is 0 Å². The largest absolute Gasteiger partial charge is 0.316 e. The first-order chi connectivity index (χ1) is 0. The number of hydrogen-bond acceptors (Lipinski definition) is 0. The van der Waals surface area contributed by atoms with Gasteiger partial charge in [-0.05, 0) is 0 Å². The fraction of sp³-hybridized carbons (Fsp3) is 0. The van der Waals surface area contributed by atoms with Crippen LogP contribution in [0.4, 0.5) is 0 Å². The molecule has 0 aliphatic heterocycles. The number of hydrogen-bond donors (Lipinski definition) is 0. The molecule has 0 heterocycles. The summed E-state index contributed by atoms with van der Waals surface area (Å²) < 4.78 is 0. The summed E-state index contributed by atoms with van der Waals surface area (Å²) in [5.74, 6) is 0. The van der Waals surface area contributed by atoms with E-state index in [9.17, 15) is 0 Å². The zero-order chi connectivity index (χ0) is 0. The summed E-state index contributed by atoms with van der Waals surface area (Å²) >= 11 is 0. The van der Waals surface area contributed by atoms with Gasteiger partial charge in [0.1, 0.15) is 0 Å². The summed E-state index contributed by atoms with van der Waals surface area (Å²) in [6, 6.07) is 0. The molecule has 0 aliphatic rings. The Morgan fingerprint density at radius 3 is 1.00 bits per heavy atom. The third-order valence-corrected chi connectivity index (χ3v) is 0. The minimum Gasteiger partial charge on any atom is 0 e. The third-order valence-electron chi connectivity index (χ3n) is 0. The molecule has 0 unspecified atom stereocenters. The molecule has 0 atom stereocenters. The van der Waals surface area contributed by atoms with Crippen LogP contribution in [0.1, 0.15) is 0 Å². The molecule has 2 radical (unpaired) electrons. The van der Waals surface area contributed by atoms with Crippen LogP contribution < -0.4 is 0 Å². The van der Waals surface area contributed by atoms with Crippen LogP contribution in [0.2, 0.25) is 0 Å². The van der Waals surface area contributed by atoms with E-state index in [-0.39, 0.29) is 111 Å². The van der Waals surface area contributed by atoms with Crippen LogP contribution >= 0.6 is 0 Å². The van der Waals surface area contributed by atoms with Gasteiger partial charge in [0.15, 0.2) is 0 Å². The molecule has 0 aromatic heterocycles. The maximum atomic E-state index is 0. The van der Waals surface area contributed by atoms with Gasteiger partial charge in [0.05, 0.1) is 0 Å². The zero-order valence-electron chi connectivity index (χ0n) is 0.955. The molecule has 0 saturated carbocycles. The van der Waals surface area contributed by atoms with Gasteiger partial charge >= 0.3 is 60.8 Å². The normalized spacial score (nSPS) is 0. The van der Waals surface area contributed by atoms with Crippen molar-refractivity contribution in [1.82, 2.24) is 0 Å². The monoisotopic (exact) mass is 212 g/mol. The van der Waals surface area contributed by atoms with Crippen LogP contribution in [0, 0.1) is 0 Å². The van der Waals surface area contributed by atoms with Gasteiger partial charge in [-0.2, -0.15) is 0 Å². The maximum absolute atomic E-state index is 0. The second-order valence-corrected chi connectivity index (χ2v) is 0. The van der Waals surface area contributed by atoms with Gasteiger partial charge in [-0.15, -0.1) is 0 Å². The summed E-state index contributed by atoms with van der Waals surface area (Å²) in [5.41, 5.74) is 0. The molecule has 0 nitrogen and oxygen atoms in total. The molecule has 4 heteroatoms. The Kier molecular flexibility index (Phi) is 101. The van der Waals surface area contributed by atoms with E-state index in [0.717, 1.165) is 0 Å². The van der Waals surface area contributed by atoms with Crippen molar-refractivity contribution in [1.29, 1.82) is 0 Å². The molecule has 0 N–H and O–H groups in total. The van der Waals surface area contributed by atoms with Crippen molar-refractivity contribution in [2.75, 3.05) is 0 Å². The Morgan fingerprint density at radius 1 is 1.00 bits per heavy atom. The predicted molar refractivity (Wildman–Crippen MR) is 17.1 cm³/mol. The quantitative estimate of drug-likeness (QED) is 0.414. The van der Waals surface area contributed by atoms with E-state index >= 15 is 0 Å². The van der Waals surface area contributed by atoms with E-state index in [2.05, 4.69) is 0 Å². The first kappa shape index (κ1) is 25.4. The van der Waals surface area contributed by atoms with Crippen molar-refractivity contribution < 1.29 is 49.8 Å². The van der Waals surface area contributed by atoms with Crippen molar-refractivity contribution in [3.63, 3.8) is 0 Å². The van der Waals surface area contributed by atoms with Gasteiger partial charge in [-0.1, -0.05) is 0 Å². The standard InChI is InChI=1S/Ca.Mg.Mn.Y.4H. The first-order valence-corrected chi connectivity index (χ1v) is 0. The predicted octanol–water partition coefficient (Wildman–Crippen LogP) is -1.84. The van der Waals surface area contributed by atoms with Crippen LogP contribution in [-0.4, -0.2) is 60.8 Å². The summed E-state index contributed by atoms with van der Waals surface area (Å²) in [6.07, 6.45) is 0. The molecule has 4 heavy (non-hydrogen) atoms. The van der Waals surface area contributed by atoms with E-state index in [1.54, 1.807) is 0 Å². The van der Waals surface area contributed by atoms with Crippen LogP contribution in [-0.2, 0) is 49.8 Å². The summed E-state index contributed by atoms with van der Waals surface area (Å²) in [6.45, 7) is 0. The smallest absolute Gasteiger partial charge is 0 e. The Bertz CT molecular complexity index is 8.00. The van der Waals surface area contributed by atoms with Crippen molar-refractivity contribution in [3.8, 4) is 0 Å². The van der Waals surface area contributed by atoms with Crippen molar-refractivity contribution in [2.24, 2.45) is 0 Å². The van der Waals surface area contributed by atoms with E-state index in [4.69, 9.17) is 0 Å². The minimum absolute atomic E-state index is 0. The molecule has 0 aromatic rings. The second kappa shape index (κ2) is 15.9. The fourth-order valence-corrected chi connectivity index (χ4v) is 0. The Labute approximate surface area is 108 Å². The molecule has 0 rings (SSSR count). The van der Waals surface area contributed by atoms with Crippen molar-refractivity contribution in [3.05, 3.63) is 0 Å². The minimum atomic E-state index is 0. The molecular formula is H4CaMgMnY. The van der Waals surface area contributed by atoms with Gasteiger partial charge in [0, 0.05) is 49.8 Å². The van der Waals surface area contributed by atoms with Gasteiger partial charge < -0.3 is 0 Å². The van der Waals surface area contributed by atoms with Crippen LogP contribution in [0.15, 0.2) is 0 Å². The van der Waals surface area contributed by atoms with E-state index < -0.39 is 0 Å². The maximum Gasteiger partial charge on any atom is 0.316 e. The zero-order valence-corrected chi connectivity index (χ0v) is 4.97. The Morgan fingerprint density at radius 2 is 1.00 bits per heavy atom. The van der Waals surface area contributed by atoms with E-state index in [1.165, 1.54) is 0 Å². The molecule has 0 amide bonds. The molecule has 0 bridgehead atoms. The molecule has 0 aromatic carbocycles. The molecule has 0 aliphatic carbocycles. The molecular weight excluding hydrogens is 208 g/mol. The summed E-state index contributed by atoms with van der Waals surface area (Å²) in [7, 11) is 0. The first-order valence-electron chi connectivity index (χ1n) is 0. The molecule has 0 saturated heterocycles. The SMILES string of the molecule is [CaH2].[MgH2].[Mn].[Y]. The average molecular weight is 212 g/mol. The topological polar surface area (TPSA) is 0 Å². The van der Waals surface area contributed by atoms with Crippen LogP contribution in [0.3, 0.4) is 0 Å².